The number of rotatable bonds is 20. The largest absolute Gasteiger partial charge is 0.496 e. The van der Waals surface area contributed by atoms with Gasteiger partial charge in [0.2, 0.25) is 9.05 Å². The lowest BCUT2D eigenvalue weighted by atomic mass is 10.1. The average Bonchev–Trinajstić information content (AvgIpc) is 2.97. The molecule has 2 aromatic carbocycles. The lowest BCUT2D eigenvalue weighted by Gasteiger charge is -2.09. The number of hydrogen-bond acceptors (Lipinski definition) is 7. The number of halogens is 1. The van der Waals surface area contributed by atoms with Crippen LogP contribution in [-0.4, -0.2) is 42.6 Å². The molecule has 0 fully saturated rings. The zero-order chi connectivity index (χ0) is 32.4. The number of para-hydroxylation sites is 3. The SMILES string of the molecule is CCCCCCCCCS(=O)(=O)Cc1ccccc1OC.CCCCCCCCCS(=O)(=O)Cl.COc1ccccc1N. The van der Waals surface area contributed by atoms with Gasteiger partial charge in [-0.3, -0.25) is 0 Å². The molecule has 7 nitrogen and oxygen atoms in total. The lowest BCUT2D eigenvalue weighted by Crippen LogP contribution is -2.10. The first-order chi connectivity index (χ1) is 20.5. The number of nitrogens with two attached hydrogens (primary N) is 1. The van der Waals surface area contributed by atoms with Crippen molar-refractivity contribution >= 4 is 35.3 Å². The van der Waals surface area contributed by atoms with E-state index in [4.69, 9.17) is 25.9 Å². The van der Waals surface area contributed by atoms with Crippen LogP contribution in [0.15, 0.2) is 48.5 Å². The summed E-state index contributed by atoms with van der Waals surface area (Å²) >= 11 is 0. The van der Waals surface area contributed by atoms with E-state index in [0.717, 1.165) is 43.4 Å². The number of hydrogen-bond donors (Lipinski definition) is 1. The minimum atomic E-state index is -3.25. The van der Waals surface area contributed by atoms with Crippen LogP contribution in [0.4, 0.5) is 5.69 Å². The van der Waals surface area contributed by atoms with E-state index in [-0.39, 0.29) is 17.3 Å². The molecule has 0 aliphatic carbocycles. The second kappa shape index (κ2) is 25.4. The molecule has 2 rings (SSSR count). The molecule has 2 N–H and O–H groups in total. The maximum Gasteiger partial charge on any atom is 0.232 e. The molecule has 248 valence electrons. The number of anilines is 1. The second-order valence-corrected chi connectivity index (χ2v) is 15.7. The summed E-state index contributed by atoms with van der Waals surface area (Å²) in [6, 6.07) is 14.7. The molecule has 10 heteroatoms. The summed E-state index contributed by atoms with van der Waals surface area (Å²) in [5.74, 6) is 1.87. The Labute approximate surface area is 267 Å². The van der Waals surface area contributed by atoms with Crippen molar-refractivity contribution in [3.05, 3.63) is 54.1 Å². The normalized spacial score (nSPS) is 11.1. The Morgan fingerprint density at radius 3 is 1.47 bits per heavy atom. The Hall–Kier alpha value is -1.97. The summed E-state index contributed by atoms with van der Waals surface area (Å²) in [5.41, 5.74) is 6.94. The molecule has 0 saturated heterocycles. The fraction of sp³-hybridized carbons (Fsp3) is 0.636. The van der Waals surface area contributed by atoms with Crippen molar-refractivity contribution in [1.29, 1.82) is 0 Å². The van der Waals surface area contributed by atoms with Crippen LogP contribution in [0.1, 0.15) is 109 Å². The molecule has 0 aliphatic heterocycles. The molecule has 0 aromatic heterocycles. The fourth-order valence-electron chi connectivity index (χ4n) is 4.31. The Morgan fingerprint density at radius 2 is 1.02 bits per heavy atom. The van der Waals surface area contributed by atoms with Crippen molar-refractivity contribution < 1.29 is 26.3 Å². The third-order valence-corrected chi connectivity index (χ3v) is 9.66. The van der Waals surface area contributed by atoms with E-state index < -0.39 is 18.9 Å². The van der Waals surface area contributed by atoms with Crippen LogP contribution in [0.5, 0.6) is 11.5 Å². The van der Waals surface area contributed by atoms with Crippen LogP contribution in [0.25, 0.3) is 0 Å². The van der Waals surface area contributed by atoms with E-state index in [1.165, 1.54) is 51.4 Å². The highest BCUT2D eigenvalue weighted by molar-refractivity contribution is 8.13. The van der Waals surface area contributed by atoms with Gasteiger partial charge < -0.3 is 15.2 Å². The zero-order valence-corrected chi connectivity index (χ0v) is 29.2. The van der Waals surface area contributed by atoms with E-state index >= 15 is 0 Å². The quantitative estimate of drug-likeness (QED) is 0.0856. The highest BCUT2D eigenvalue weighted by Crippen LogP contribution is 2.21. The van der Waals surface area contributed by atoms with Crippen molar-refractivity contribution in [2.24, 2.45) is 0 Å². The molecule has 0 heterocycles. The van der Waals surface area contributed by atoms with Gasteiger partial charge in [0.05, 0.1) is 37.2 Å². The minimum absolute atomic E-state index is 0.0762. The number of unbranched alkanes of at least 4 members (excludes halogenated alkanes) is 12. The summed E-state index contributed by atoms with van der Waals surface area (Å²) < 4.78 is 55.5. The third-order valence-electron chi connectivity index (χ3n) is 6.76. The van der Waals surface area contributed by atoms with Crippen LogP contribution in [-0.2, 0) is 24.6 Å². The van der Waals surface area contributed by atoms with Crippen molar-refractivity contribution in [1.82, 2.24) is 0 Å². The maximum atomic E-state index is 12.1. The van der Waals surface area contributed by atoms with E-state index in [9.17, 15) is 16.8 Å². The van der Waals surface area contributed by atoms with Crippen LogP contribution < -0.4 is 15.2 Å². The van der Waals surface area contributed by atoms with Gasteiger partial charge in [-0.2, -0.15) is 0 Å². The topological polar surface area (TPSA) is 113 Å². The highest BCUT2D eigenvalue weighted by atomic mass is 35.7. The van der Waals surface area contributed by atoms with Gasteiger partial charge in [-0.25, -0.2) is 16.8 Å². The monoisotopic (exact) mass is 661 g/mol. The van der Waals surface area contributed by atoms with Crippen LogP contribution in [0, 0.1) is 0 Å². The molecule has 0 unspecified atom stereocenters. The Bertz CT molecular complexity index is 1170. The summed E-state index contributed by atoms with van der Waals surface area (Å²) in [5, 5.41) is 0. The van der Waals surface area contributed by atoms with Crippen molar-refractivity contribution in [2.45, 2.75) is 109 Å². The van der Waals surface area contributed by atoms with Gasteiger partial charge in [-0.15, -0.1) is 0 Å². The molecule has 2 aromatic rings. The van der Waals surface area contributed by atoms with Crippen molar-refractivity contribution in [2.75, 3.05) is 31.5 Å². The molecule has 0 aliphatic rings. The Balaban J connectivity index is 0.000000680. The predicted octanol–water partition coefficient (Wildman–Crippen LogP) is 8.94. The molecule has 43 heavy (non-hydrogen) atoms. The van der Waals surface area contributed by atoms with E-state index in [2.05, 4.69) is 13.8 Å². The first-order valence-corrected chi connectivity index (χ1v) is 19.9. The maximum absolute atomic E-state index is 12.1. The van der Waals surface area contributed by atoms with Gasteiger partial charge in [0, 0.05) is 16.2 Å². The van der Waals surface area contributed by atoms with Gasteiger partial charge in [0.15, 0.2) is 9.84 Å². The average molecular weight is 662 g/mol. The third kappa shape index (κ3) is 24.1. The number of sulfone groups is 1. The summed E-state index contributed by atoms with van der Waals surface area (Å²) in [7, 11) is 1.95. The molecule has 0 saturated carbocycles. The summed E-state index contributed by atoms with van der Waals surface area (Å²) in [4.78, 5) is 0. The van der Waals surface area contributed by atoms with Crippen LogP contribution in [0.3, 0.4) is 0 Å². The Kier molecular flexibility index (Phi) is 24.2. The number of benzene rings is 2. The zero-order valence-electron chi connectivity index (χ0n) is 26.9. The smallest absolute Gasteiger partial charge is 0.232 e. The molecule has 0 radical (unpaired) electrons. The Morgan fingerprint density at radius 1 is 0.605 bits per heavy atom. The van der Waals surface area contributed by atoms with Gasteiger partial charge >= 0.3 is 0 Å². The molecular formula is C33H56ClNO6S2. The second-order valence-electron chi connectivity index (χ2n) is 10.6. The standard InChI is InChI=1S/C17H28O3S.C9H19ClO2S.C7H9NO/c1-3-4-5-6-7-8-11-14-21(18,19)15-16-12-9-10-13-17(16)20-2;1-2-3-4-5-6-7-8-9-13(10,11)12;1-9-7-5-3-2-4-6(7)8/h9-10,12-13H,3-8,11,14-15H2,1-2H3;2-9H2,1H3;2-5H,8H2,1H3. The van der Waals surface area contributed by atoms with Crippen LogP contribution in [0.2, 0.25) is 0 Å². The molecule has 0 atom stereocenters. The lowest BCUT2D eigenvalue weighted by molar-refractivity contribution is 0.411. The summed E-state index contributed by atoms with van der Waals surface area (Å²) in [6.07, 6.45) is 15.8. The molecule has 0 spiro atoms. The van der Waals surface area contributed by atoms with Crippen molar-refractivity contribution in [3.63, 3.8) is 0 Å². The van der Waals surface area contributed by atoms with Gasteiger partial charge in [-0.05, 0) is 31.0 Å². The van der Waals surface area contributed by atoms with Crippen LogP contribution >= 0.6 is 10.7 Å². The predicted molar refractivity (Wildman–Crippen MR) is 184 cm³/mol. The van der Waals surface area contributed by atoms with Crippen molar-refractivity contribution in [3.8, 4) is 11.5 Å². The molecule has 0 amide bonds. The van der Waals surface area contributed by atoms with Gasteiger partial charge in [0.1, 0.15) is 11.5 Å². The number of ether oxygens (including phenoxy) is 2. The fourth-order valence-corrected chi connectivity index (χ4v) is 6.69. The molecule has 0 bridgehead atoms. The number of methoxy groups -OCH3 is 2. The highest BCUT2D eigenvalue weighted by Gasteiger charge is 2.14. The van der Waals surface area contributed by atoms with E-state index in [1.54, 1.807) is 26.4 Å². The molecular weight excluding hydrogens is 606 g/mol. The minimum Gasteiger partial charge on any atom is -0.496 e. The summed E-state index contributed by atoms with van der Waals surface area (Å²) in [6.45, 7) is 4.38. The van der Waals surface area contributed by atoms with Gasteiger partial charge in [-0.1, -0.05) is 121 Å². The number of nitrogen functional groups attached to an aromatic ring is 1. The first-order valence-electron chi connectivity index (χ1n) is 15.6. The van der Waals surface area contributed by atoms with E-state index in [0.29, 0.717) is 17.9 Å². The van der Waals surface area contributed by atoms with E-state index in [1.807, 2.05) is 36.4 Å². The first kappa shape index (κ1) is 41.0. The van der Waals surface area contributed by atoms with Gasteiger partial charge in [0.25, 0.3) is 0 Å².